The van der Waals surface area contributed by atoms with Crippen LogP contribution in [0.25, 0.3) is 11.7 Å². The predicted molar refractivity (Wildman–Crippen MR) is 90.2 cm³/mol. The minimum absolute atomic E-state index is 0.0437. The molecule has 4 heterocycles. The first-order valence-electron chi connectivity index (χ1n) is 8.39. The highest BCUT2D eigenvalue weighted by molar-refractivity contribution is 5.55. The second kappa shape index (κ2) is 6.65. The number of nitriles is 1. The van der Waals surface area contributed by atoms with E-state index < -0.39 is 0 Å². The molecule has 134 valence electrons. The number of hydrogen-bond acceptors (Lipinski definition) is 9. The van der Waals surface area contributed by atoms with Gasteiger partial charge in [0, 0.05) is 26.2 Å². The maximum absolute atomic E-state index is 9.38. The Morgan fingerprint density at radius 1 is 1.23 bits per heavy atom. The topological polar surface area (TPSA) is 108 Å². The molecule has 0 bridgehead atoms. The molecule has 1 atom stereocenters. The van der Waals surface area contributed by atoms with Crippen LogP contribution in [0.15, 0.2) is 31.8 Å². The van der Waals surface area contributed by atoms with E-state index in [-0.39, 0.29) is 11.7 Å². The van der Waals surface area contributed by atoms with E-state index in [2.05, 4.69) is 26.1 Å². The van der Waals surface area contributed by atoms with E-state index in [0.29, 0.717) is 42.3 Å². The van der Waals surface area contributed by atoms with Crippen LogP contribution in [-0.2, 0) is 0 Å². The van der Waals surface area contributed by atoms with Crippen molar-refractivity contribution in [1.82, 2.24) is 20.0 Å². The average Bonchev–Trinajstić information content (AvgIpc) is 3.41. The highest BCUT2D eigenvalue weighted by atomic mass is 16.5. The summed E-state index contributed by atoms with van der Waals surface area (Å²) in [4.78, 5) is 12.8. The Kier molecular flexibility index (Phi) is 4.18. The van der Waals surface area contributed by atoms with E-state index in [1.165, 1.54) is 0 Å². The van der Waals surface area contributed by atoms with Crippen LogP contribution >= 0.6 is 0 Å². The van der Waals surface area contributed by atoms with Gasteiger partial charge in [-0.3, -0.25) is 4.90 Å². The molecule has 0 amide bonds. The molecule has 26 heavy (non-hydrogen) atoms. The van der Waals surface area contributed by atoms with Crippen LogP contribution in [0.3, 0.4) is 0 Å². The molecule has 0 radical (unpaired) electrons. The van der Waals surface area contributed by atoms with Crippen molar-refractivity contribution in [2.75, 3.05) is 31.1 Å². The lowest BCUT2D eigenvalue weighted by atomic mass is 10.2. The van der Waals surface area contributed by atoms with Crippen molar-refractivity contribution in [3.63, 3.8) is 0 Å². The van der Waals surface area contributed by atoms with Gasteiger partial charge in [0.1, 0.15) is 6.07 Å². The fourth-order valence-electron chi connectivity index (χ4n) is 3.06. The molecule has 0 saturated carbocycles. The van der Waals surface area contributed by atoms with Gasteiger partial charge in [0.15, 0.2) is 11.6 Å². The Morgan fingerprint density at radius 3 is 2.65 bits per heavy atom. The van der Waals surface area contributed by atoms with Crippen LogP contribution in [0.2, 0.25) is 0 Å². The van der Waals surface area contributed by atoms with Crippen LogP contribution < -0.4 is 4.90 Å². The zero-order chi connectivity index (χ0) is 18.1. The minimum atomic E-state index is 0.0437. The zero-order valence-corrected chi connectivity index (χ0v) is 14.5. The van der Waals surface area contributed by atoms with Crippen molar-refractivity contribution in [3.8, 4) is 17.7 Å². The largest absolute Gasteiger partial charge is 0.459 e. The fraction of sp³-hybridized carbons (Fsp3) is 0.412. The Bertz CT molecular complexity index is 915. The fourth-order valence-corrected chi connectivity index (χ4v) is 3.06. The molecule has 1 fully saturated rings. The van der Waals surface area contributed by atoms with Gasteiger partial charge in [-0.05, 0) is 26.0 Å². The van der Waals surface area contributed by atoms with Gasteiger partial charge in [-0.25, -0.2) is 0 Å². The Hall–Kier alpha value is -3.12. The maximum Gasteiger partial charge on any atom is 0.266 e. The summed E-state index contributed by atoms with van der Waals surface area (Å²) >= 11 is 0. The van der Waals surface area contributed by atoms with E-state index in [9.17, 15) is 5.26 Å². The van der Waals surface area contributed by atoms with Gasteiger partial charge in [0.25, 0.3) is 5.89 Å². The molecule has 1 saturated heterocycles. The lowest BCUT2D eigenvalue weighted by Gasteiger charge is -2.36. The van der Waals surface area contributed by atoms with Crippen molar-refractivity contribution in [2.45, 2.75) is 19.9 Å². The number of rotatable bonds is 4. The zero-order valence-electron chi connectivity index (χ0n) is 14.5. The summed E-state index contributed by atoms with van der Waals surface area (Å²) in [7, 11) is 0. The maximum atomic E-state index is 9.38. The van der Waals surface area contributed by atoms with Crippen molar-refractivity contribution in [2.24, 2.45) is 0 Å². The van der Waals surface area contributed by atoms with Gasteiger partial charge in [-0.15, -0.1) is 0 Å². The van der Waals surface area contributed by atoms with Gasteiger partial charge in [0.05, 0.1) is 12.3 Å². The third-order valence-corrected chi connectivity index (χ3v) is 4.50. The Labute approximate surface area is 149 Å². The van der Waals surface area contributed by atoms with Crippen molar-refractivity contribution in [1.29, 1.82) is 5.26 Å². The summed E-state index contributed by atoms with van der Waals surface area (Å²) in [6, 6.07) is 5.65. The van der Waals surface area contributed by atoms with E-state index in [4.69, 9.17) is 13.4 Å². The molecular formula is C17H18N6O3. The normalized spacial score (nSPS) is 16.6. The standard InChI is InChI=1S/C17H18N6O3/c1-11(15-19-12(2)21-26-15)22-5-7-23(8-6-22)17-13(10-18)20-16(25-17)14-4-3-9-24-14/h3-4,9,11H,5-8H2,1-2H3. The van der Waals surface area contributed by atoms with Gasteiger partial charge < -0.3 is 18.3 Å². The number of anilines is 1. The van der Waals surface area contributed by atoms with E-state index in [0.717, 1.165) is 13.1 Å². The molecule has 4 rings (SSSR count). The summed E-state index contributed by atoms with van der Waals surface area (Å²) < 4.78 is 16.4. The summed E-state index contributed by atoms with van der Waals surface area (Å²) in [6.45, 7) is 6.83. The third kappa shape index (κ3) is 2.95. The molecule has 1 aliphatic rings. The quantitative estimate of drug-likeness (QED) is 0.697. The SMILES string of the molecule is Cc1noc(C(C)N2CCN(c3oc(-c4ccco4)nc3C#N)CC2)n1. The van der Waals surface area contributed by atoms with Crippen LogP contribution in [0.5, 0.6) is 0 Å². The summed E-state index contributed by atoms with van der Waals surface area (Å²) in [5.41, 5.74) is 0.269. The van der Waals surface area contributed by atoms with E-state index in [1.54, 1.807) is 18.4 Å². The van der Waals surface area contributed by atoms with Crippen molar-refractivity contribution < 1.29 is 13.4 Å². The van der Waals surface area contributed by atoms with E-state index >= 15 is 0 Å². The van der Waals surface area contributed by atoms with E-state index in [1.807, 2.05) is 18.7 Å². The Morgan fingerprint density at radius 2 is 2.04 bits per heavy atom. The first kappa shape index (κ1) is 16.4. The molecular weight excluding hydrogens is 336 g/mol. The smallest absolute Gasteiger partial charge is 0.266 e. The molecule has 1 aliphatic heterocycles. The molecule has 1 unspecified atom stereocenters. The monoisotopic (exact) mass is 354 g/mol. The number of hydrogen-bond donors (Lipinski definition) is 0. The highest BCUT2D eigenvalue weighted by Crippen LogP contribution is 2.30. The summed E-state index contributed by atoms with van der Waals surface area (Å²) in [6.07, 6.45) is 1.55. The highest BCUT2D eigenvalue weighted by Gasteiger charge is 2.29. The molecule has 3 aromatic rings. The van der Waals surface area contributed by atoms with Gasteiger partial charge in [-0.1, -0.05) is 5.16 Å². The molecule has 9 nitrogen and oxygen atoms in total. The van der Waals surface area contributed by atoms with Crippen LogP contribution in [-0.4, -0.2) is 46.2 Å². The number of oxazole rings is 1. The molecule has 0 aliphatic carbocycles. The molecule has 0 aromatic carbocycles. The van der Waals surface area contributed by atoms with Crippen LogP contribution in [0.1, 0.15) is 30.4 Å². The average molecular weight is 354 g/mol. The summed E-state index contributed by atoms with van der Waals surface area (Å²) in [5.74, 6) is 2.56. The number of nitrogens with zero attached hydrogens (tertiary/aromatic N) is 6. The molecule has 3 aromatic heterocycles. The summed E-state index contributed by atoms with van der Waals surface area (Å²) in [5, 5.41) is 13.2. The first-order valence-corrected chi connectivity index (χ1v) is 8.39. The molecule has 0 N–H and O–H groups in total. The van der Waals surface area contributed by atoms with Gasteiger partial charge in [-0.2, -0.15) is 15.2 Å². The third-order valence-electron chi connectivity index (χ3n) is 4.50. The Balaban J connectivity index is 1.47. The first-order chi connectivity index (χ1) is 12.7. The van der Waals surface area contributed by atoms with Crippen LogP contribution in [0, 0.1) is 18.3 Å². The van der Waals surface area contributed by atoms with Gasteiger partial charge in [0.2, 0.25) is 17.5 Å². The second-order valence-electron chi connectivity index (χ2n) is 6.14. The predicted octanol–water partition coefficient (Wildman–Crippen LogP) is 2.38. The van der Waals surface area contributed by atoms with Crippen LogP contribution in [0.4, 0.5) is 5.88 Å². The number of piperazine rings is 1. The molecule has 9 heteroatoms. The lowest BCUT2D eigenvalue weighted by Crippen LogP contribution is -2.47. The molecule has 0 spiro atoms. The minimum Gasteiger partial charge on any atom is -0.459 e. The number of aryl methyl sites for hydroxylation is 1. The number of furan rings is 1. The lowest BCUT2D eigenvalue weighted by molar-refractivity contribution is 0.162. The second-order valence-corrected chi connectivity index (χ2v) is 6.14. The van der Waals surface area contributed by atoms with Gasteiger partial charge >= 0.3 is 0 Å². The van der Waals surface area contributed by atoms with Crippen molar-refractivity contribution in [3.05, 3.63) is 35.8 Å². The van der Waals surface area contributed by atoms with Crippen molar-refractivity contribution >= 4 is 5.88 Å². The number of aromatic nitrogens is 3.